The van der Waals surface area contributed by atoms with E-state index in [-0.39, 0.29) is 0 Å². The Kier molecular flexibility index (Phi) is 5.38. The second-order valence-electron chi connectivity index (χ2n) is 8.31. The van der Waals surface area contributed by atoms with Crippen LogP contribution in [0.3, 0.4) is 0 Å². The number of aromatic nitrogens is 4. The molecule has 3 heterocycles. The number of hydrogen-bond acceptors (Lipinski definition) is 5. The minimum absolute atomic E-state index is 0.466. The molecule has 0 amide bonds. The molecule has 0 aliphatic heterocycles. The van der Waals surface area contributed by atoms with Gasteiger partial charge in [-0.3, -0.25) is 0 Å². The second-order valence-corrected chi connectivity index (χ2v) is 8.31. The van der Waals surface area contributed by atoms with E-state index >= 15 is 0 Å². The number of nitrogens with one attached hydrogen (secondary N) is 2. The number of nitrogen functional groups attached to an aromatic ring is 1. The van der Waals surface area contributed by atoms with Crippen LogP contribution in [0.4, 0.5) is 17.5 Å². The number of ether oxygens (including phenoxy) is 1. The summed E-state index contributed by atoms with van der Waals surface area (Å²) in [5.74, 6) is 1.95. The summed E-state index contributed by atoms with van der Waals surface area (Å²) in [4.78, 5) is 18.2. The van der Waals surface area contributed by atoms with Gasteiger partial charge in [-0.15, -0.1) is 0 Å². The summed E-state index contributed by atoms with van der Waals surface area (Å²) in [5.41, 5.74) is 12.5. The van der Waals surface area contributed by atoms with Crippen molar-refractivity contribution < 1.29 is 4.74 Å². The molecule has 5 aromatic rings. The van der Waals surface area contributed by atoms with Crippen LogP contribution in [0.15, 0.2) is 54.7 Å². The highest BCUT2D eigenvalue weighted by Gasteiger charge is 2.16. The maximum Gasteiger partial charge on any atom is 0.232 e. The van der Waals surface area contributed by atoms with Crippen LogP contribution in [-0.4, -0.2) is 33.1 Å². The van der Waals surface area contributed by atoms with Crippen LogP contribution in [0.2, 0.25) is 0 Å². The smallest absolute Gasteiger partial charge is 0.232 e. The van der Waals surface area contributed by atoms with Crippen LogP contribution < -0.4 is 15.4 Å². The first-order valence-corrected chi connectivity index (χ1v) is 11.2. The van der Waals surface area contributed by atoms with Crippen molar-refractivity contribution in [2.45, 2.75) is 27.2 Å². The summed E-state index contributed by atoms with van der Waals surface area (Å²) in [6.07, 6.45) is 2.87. The average Bonchev–Trinajstić information content (AvgIpc) is 3.35. The van der Waals surface area contributed by atoms with Crippen molar-refractivity contribution >= 4 is 39.3 Å². The average molecular weight is 441 g/mol. The quantitative estimate of drug-likeness (QED) is 0.314. The topological polar surface area (TPSA) is 95.8 Å². The Morgan fingerprint density at radius 2 is 1.88 bits per heavy atom. The number of fused-ring (bicyclic) bond motifs is 2. The molecule has 33 heavy (non-hydrogen) atoms. The van der Waals surface area contributed by atoms with Gasteiger partial charge >= 0.3 is 0 Å². The second kappa shape index (κ2) is 8.50. The fourth-order valence-corrected chi connectivity index (χ4v) is 4.32. The molecule has 5 rings (SSSR count). The number of aromatic amines is 2. The molecule has 0 bridgehead atoms. The first-order chi connectivity index (χ1) is 16.0. The molecule has 3 aromatic heterocycles. The third-order valence-corrected chi connectivity index (χ3v) is 5.81. The van der Waals surface area contributed by atoms with Gasteiger partial charge in [-0.05, 0) is 74.5 Å². The molecular formula is C26H28N6O. The Morgan fingerprint density at radius 3 is 2.70 bits per heavy atom. The zero-order chi connectivity index (χ0) is 22.9. The predicted molar refractivity (Wildman–Crippen MR) is 134 cm³/mol. The lowest BCUT2D eigenvalue weighted by atomic mass is 10.1. The lowest BCUT2D eigenvalue weighted by Crippen LogP contribution is -2.23. The monoisotopic (exact) mass is 440 g/mol. The molecule has 7 nitrogen and oxygen atoms in total. The highest BCUT2D eigenvalue weighted by Crippen LogP contribution is 2.29. The van der Waals surface area contributed by atoms with Gasteiger partial charge < -0.3 is 25.3 Å². The van der Waals surface area contributed by atoms with Crippen molar-refractivity contribution in [3.63, 3.8) is 0 Å². The minimum atomic E-state index is 0.466. The molecule has 0 radical (unpaired) electrons. The number of aryl methyl sites for hydroxylation is 2. The summed E-state index contributed by atoms with van der Waals surface area (Å²) in [7, 11) is 0. The van der Waals surface area contributed by atoms with Crippen molar-refractivity contribution in [3.05, 3.63) is 71.7 Å². The van der Waals surface area contributed by atoms with Gasteiger partial charge in [0.25, 0.3) is 0 Å². The standard InChI is InChI=1S/C26H28N6O/c1-4-33-21-7-8-23-22(14-21)19(15-28-23)9-10-32(26-30-17(3)12-25(27)31-26)20-6-5-18-11-16(2)29-24(18)13-20/h5-8,11-15,28-29H,4,9-10H2,1-3H3,(H2,27,30,31). The first-order valence-electron chi connectivity index (χ1n) is 11.2. The number of rotatable bonds is 7. The van der Waals surface area contributed by atoms with E-state index in [1.165, 1.54) is 16.3 Å². The fourth-order valence-electron chi connectivity index (χ4n) is 4.32. The highest BCUT2D eigenvalue weighted by molar-refractivity contribution is 5.86. The van der Waals surface area contributed by atoms with Gasteiger partial charge in [0, 0.05) is 52.3 Å². The first kappa shape index (κ1) is 20.9. The SMILES string of the molecule is CCOc1ccc2[nH]cc(CCN(c3ccc4cc(C)[nH]c4c3)c3nc(C)cc(N)n3)c2c1. The molecule has 0 spiro atoms. The zero-order valence-electron chi connectivity index (χ0n) is 19.1. The van der Waals surface area contributed by atoms with Crippen LogP contribution >= 0.6 is 0 Å². The number of nitrogens with two attached hydrogens (primary N) is 1. The molecule has 4 N–H and O–H groups in total. The molecule has 0 fully saturated rings. The molecule has 0 unspecified atom stereocenters. The van der Waals surface area contributed by atoms with Gasteiger partial charge in [-0.1, -0.05) is 6.07 Å². The molecular weight excluding hydrogens is 412 g/mol. The van der Waals surface area contributed by atoms with Crippen molar-refractivity contribution in [1.82, 2.24) is 19.9 Å². The summed E-state index contributed by atoms with van der Waals surface area (Å²) in [6.45, 7) is 7.34. The van der Waals surface area contributed by atoms with Gasteiger partial charge in [0.2, 0.25) is 5.95 Å². The number of benzene rings is 2. The highest BCUT2D eigenvalue weighted by atomic mass is 16.5. The Balaban J connectivity index is 1.52. The van der Waals surface area contributed by atoms with Crippen molar-refractivity contribution in [1.29, 1.82) is 0 Å². The maximum absolute atomic E-state index is 6.08. The van der Waals surface area contributed by atoms with E-state index in [9.17, 15) is 0 Å². The van der Waals surface area contributed by atoms with E-state index in [0.29, 0.717) is 24.9 Å². The number of hydrogen-bond donors (Lipinski definition) is 3. The van der Waals surface area contributed by atoms with Crippen LogP contribution in [0.5, 0.6) is 5.75 Å². The molecule has 2 aromatic carbocycles. The van der Waals surface area contributed by atoms with Crippen molar-refractivity contribution in [2.24, 2.45) is 0 Å². The van der Waals surface area contributed by atoms with Crippen LogP contribution in [0, 0.1) is 13.8 Å². The van der Waals surface area contributed by atoms with Gasteiger partial charge in [0.15, 0.2) is 0 Å². The fraction of sp³-hybridized carbons (Fsp3) is 0.231. The summed E-state index contributed by atoms with van der Waals surface area (Å²) >= 11 is 0. The van der Waals surface area contributed by atoms with E-state index in [1.807, 2.05) is 19.9 Å². The maximum atomic E-state index is 6.08. The molecule has 0 saturated heterocycles. The van der Waals surface area contributed by atoms with Crippen molar-refractivity contribution in [3.8, 4) is 5.75 Å². The summed E-state index contributed by atoms with van der Waals surface area (Å²) < 4.78 is 5.71. The van der Waals surface area contributed by atoms with E-state index in [1.54, 1.807) is 6.07 Å². The van der Waals surface area contributed by atoms with Gasteiger partial charge in [0.05, 0.1) is 6.61 Å². The Hall–Kier alpha value is -4.00. The summed E-state index contributed by atoms with van der Waals surface area (Å²) in [6, 6.07) is 16.5. The van der Waals surface area contributed by atoms with Crippen LogP contribution in [-0.2, 0) is 6.42 Å². The van der Waals surface area contributed by atoms with Gasteiger partial charge in [-0.25, -0.2) is 4.98 Å². The van der Waals surface area contributed by atoms with E-state index in [4.69, 9.17) is 15.5 Å². The van der Waals surface area contributed by atoms with E-state index in [2.05, 4.69) is 69.4 Å². The van der Waals surface area contributed by atoms with Crippen LogP contribution in [0.25, 0.3) is 21.8 Å². The van der Waals surface area contributed by atoms with E-state index < -0.39 is 0 Å². The molecule has 0 aliphatic carbocycles. The number of nitrogens with zero attached hydrogens (tertiary/aromatic N) is 3. The minimum Gasteiger partial charge on any atom is -0.494 e. The number of H-pyrrole nitrogens is 2. The Morgan fingerprint density at radius 1 is 1.00 bits per heavy atom. The third-order valence-electron chi connectivity index (χ3n) is 5.81. The third kappa shape index (κ3) is 4.22. The molecule has 0 saturated carbocycles. The summed E-state index contributed by atoms with van der Waals surface area (Å²) in [5, 5.41) is 2.35. The normalized spacial score (nSPS) is 11.4. The van der Waals surface area contributed by atoms with E-state index in [0.717, 1.165) is 40.3 Å². The lowest BCUT2D eigenvalue weighted by Gasteiger charge is -2.23. The Labute approximate surface area is 192 Å². The number of anilines is 3. The van der Waals surface area contributed by atoms with Gasteiger partial charge in [0.1, 0.15) is 11.6 Å². The molecule has 0 aliphatic rings. The zero-order valence-corrected chi connectivity index (χ0v) is 19.1. The van der Waals surface area contributed by atoms with Crippen molar-refractivity contribution in [2.75, 3.05) is 23.8 Å². The largest absolute Gasteiger partial charge is 0.494 e. The molecule has 7 heteroatoms. The lowest BCUT2D eigenvalue weighted by molar-refractivity contribution is 0.340. The van der Waals surface area contributed by atoms with Crippen LogP contribution in [0.1, 0.15) is 23.9 Å². The predicted octanol–water partition coefficient (Wildman–Crippen LogP) is 5.42. The van der Waals surface area contributed by atoms with Gasteiger partial charge in [-0.2, -0.15) is 4.98 Å². The molecule has 0 atom stereocenters. The molecule has 168 valence electrons. The Bertz CT molecular complexity index is 1410.